The molecule has 21 heavy (non-hydrogen) atoms. The number of β-lactam (4-membered cyclic amide) rings is 1. The predicted octanol–water partition coefficient (Wildman–Crippen LogP) is 1.83. The van der Waals surface area contributed by atoms with Gasteiger partial charge in [-0.05, 0) is 37.1 Å². The number of anilines is 1. The molecule has 3 rings (SSSR count). The maximum absolute atomic E-state index is 12.9. The van der Waals surface area contributed by atoms with Crippen molar-refractivity contribution in [3.63, 3.8) is 0 Å². The van der Waals surface area contributed by atoms with Crippen molar-refractivity contribution in [2.75, 3.05) is 18.0 Å². The number of hydrogen-bond donors (Lipinski definition) is 2. The van der Waals surface area contributed by atoms with Crippen LogP contribution in [0.15, 0.2) is 24.3 Å². The van der Waals surface area contributed by atoms with Gasteiger partial charge in [0.15, 0.2) is 0 Å². The van der Waals surface area contributed by atoms with E-state index < -0.39 is 5.60 Å². The van der Waals surface area contributed by atoms with Gasteiger partial charge < -0.3 is 15.3 Å². The Kier molecular flexibility index (Phi) is 3.95. The Morgan fingerprint density at radius 2 is 1.90 bits per heavy atom. The maximum Gasteiger partial charge on any atom is 0.246 e. The van der Waals surface area contributed by atoms with E-state index in [4.69, 9.17) is 0 Å². The fraction of sp³-hybridized carbons (Fsp3) is 0.562. The van der Waals surface area contributed by atoms with Crippen LogP contribution in [0.4, 0.5) is 10.1 Å². The number of hydrogen-bond acceptors (Lipinski definition) is 3. The summed E-state index contributed by atoms with van der Waals surface area (Å²) in [6.45, 7) is 1.04. The van der Waals surface area contributed by atoms with Crippen molar-refractivity contribution >= 4 is 11.6 Å². The minimum atomic E-state index is -0.658. The second-order valence-electron chi connectivity index (χ2n) is 6.14. The van der Waals surface area contributed by atoms with Crippen LogP contribution in [0.25, 0.3) is 0 Å². The summed E-state index contributed by atoms with van der Waals surface area (Å²) in [7, 11) is 0. The highest BCUT2D eigenvalue weighted by Crippen LogP contribution is 2.28. The summed E-state index contributed by atoms with van der Waals surface area (Å²) >= 11 is 0. The number of carbonyl (C=O) groups is 1. The molecule has 1 heterocycles. The largest absolute Gasteiger partial charge is 0.389 e. The molecule has 0 bridgehead atoms. The number of aliphatic hydroxyl groups is 1. The third-order valence-corrected chi connectivity index (χ3v) is 4.53. The maximum atomic E-state index is 12.9. The number of carbonyl (C=O) groups excluding carboxylic acids is 1. The van der Waals surface area contributed by atoms with E-state index in [0.29, 0.717) is 13.1 Å². The number of nitrogens with zero attached hydrogens (tertiary/aromatic N) is 1. The summed E-state index contributed by atoms with van der Waals surface area (Å²) in [5, 5.41) is 13.6. The second-order valence-corrected chi connectivity index (χ2v) is 6.14. The minimum absolute atomic E-state index is 0.0129. The van der Waals surface area contributed by atoms with Gasteiger partial charge in [0.05, 0.1) is 12.1 Å². The number of amides is 1. The highest BCUT2D eigenvalue weighted by Gasteiger charge is 2.39. The van der Waals surface area contributed by atoms with Crippen LogP contribution >= 0.6 is 0 Å². The van der Waals surface area contributed by atoms with E-state index >= 15 is 0 Å². The molecule has 2 N–H and O–H groups in total. The van der Waals surface area contributed by atoms with Crippen LogP contribution in [-0.4, -0.2) is 35.7 Å². The van der Waals surface area contributed by atoms with E-state index in [9.17, 15) is 14.3 Å². The first-order chi connectivity index (χ1) is 10.1. The van der Waals surface area contributed by atoms with Crippen molar-refractivity contribution in [2.24, 2.45) is 0 Å². The Morgan fingerprint density at radius 1 is 1.24 bits per heavy atom. The zero-order chi connectivity index (χ0) is 14.9. The van der Waals surface area contributed by atoms with Crippen LogP contribution in [0, 0.1) is 5.82 Å². The molecule has 1 aliphatic carbocycles. The summed E-state index contributed by atoms with van der Waals surface area (Å²) in [5.74, 6) is -0.318. The van der Waals surface area contributed by atoms with Crippen LogP contribution < -0.4 is 10.2 Å². The van der Waals surface area contributed by atoms with Crippen LogP contribution in [-0.2, 0) is 4.79 Å². The van der Waals surface area contributed by atoms with E-state index in [-0.39, 0.29) is 17.8 Å². The molecule has 5 heteroatoms. The molecule has 0 spiro atoms. The van der Waals surface area contributed by atoms with Gasteiger partial charge in [0, 0.05) is 12.2 Å². The van der Waals surface area contributed by atoms with Crippen LogP contribution in [0.3, 0.4) is 0 Å². The van der Waals surface area contributed by atoms with Crippen molar-refractivity contribution in [1.29, 1.82) is 0 Å². The Morgan fingerprint density at radius 3 is 2.52 bits per heavy atom. The molecule has 0 aromatic heterocycles. The molecule has 1 aromatic carbocycles. The molecular formula is C16H21FN2O2. The van der Waals surface area contributed by atoms with Crippen LogP contribution in [0.1, 0.15) is 32.1 Å². The zero-order valence-corrected chi connectivity index (χ0v) is 12.0. The van der Waals surface area contributed by atoms with Crippen molar-refractivity contribution in [2.45, 2.75) is 43.7 Å². The van der Waals surface area contributed by atoms with Gasteiger partial charge >= 0.3 is 0 Å². The normalized spacial score (nSPS) is 24.8. The lowest BCUT2D eigenvalue weighted by molar-refractivity contribution is -0.125. The molecule has 1 amide bonds. The average molecular weight is 292 g/mol. The molecule has 1 saturated heterocycles. The molecule has 1 atom stereocenters. The van der Waals surface area contributed by atoms with Gasteiger partial charge in [-0.1, -0.05) is 19.3 Å². The molecule has 114 valence electrons. The van der Waals surface area contributed by atoms with Crippen LogP contribution in [0.5, 0.6) is 0 Å². The SMILES string of the molecule is O=C1C(NCC2(O)CCCCC2)CN1c1ccc(F)cc1. The molecule has 4 nitrogen and oxygen atoms in total. The number of halogens is 1. The molecule has 1 aromatic rings. The molecule has 0 radical (unpaired) electrons. The Labute approximate surface area is 124 Å². The lowest BCUT2D eigenvalue weighted by Gasteiger charge is -2.41. The van der Waals surface area contributed by atoms with Gasteiger partial charge in [0.25, 0.3) is 0 Å². The third kappa shape index (κ3) is 3.09. The van der Waals surface area contributed by atoms with E-state index in [0.717, 1.165) is 31.4 Å². The van der Waals surface area contributed by atoms with E-state index in [2.05, 4.69) is 5.32 Å². The van der Waals surface area contributed by atoms with Gasteiger partial charge in [-0.25, -0.2) is 4.39 Å². The molecule has 1 saturated carbocycles. The van der Waals surface area contributed by atoms with E-state index in [1.165, 1.54) is 18.6 Å². The average Bonchev–Trinajstić information content (AvgIpc) is 2.48. The van der Waals surface area contributed by atoms with E-state index in [1.54, 1.807) is 17.0 Å². The Balaban J connectivity index is 1.51. The summed E-state index contributed by atoms with van der Waals surface area (Å²) in [6, 6.07) is 5.69. The minimum Gasteiger partial charge on any atom is -0.389 e. The summed E-state index contributed by atoms with van der Waals surface area (Å²) in [5.41, 5.74) is 0.0604. The number of rotatable bonds is 4. The third-order valence-electron chi connectivity index (χ3n) is 4.53. The second kappa shape index (κ2) is 5.73. The predicted molar refractivity (Wildman–Crippen MR) is 78.6 cm³/mol. The Hall–Kier alpha value is -1.46. The Bertz CT molecular complexity index is 512. The molecule has 2 fully saturated rings. The van der Waals surface area contributed by atoms with Crippen LogP contribution in [0.2, 0.25) is 0 Å². The van der Waals surface area contributed by atoms with E-state index in [1.807, 2.05) is 0 Å². The lowest BCUT2D eigenvalue weighted by atomic mass is 9.84. The fourth-order valence-corrected chi connectivity index (χ4v) is 3.13. The van der Waals surface area contributed by atoms with Crippen molar-refractivity contribution in [1.82, 2.24) is 5.32 Å². The van der Waals surface area contributed by atoms with Gasteiger partial charge in [0.1, 0.15) is 11.9 Å². The zero-order valence-electron chi connectivity index (χ0n) is 12.0. The first kappa shape index (κ1) is 14.5. The van der Waals surface area contributed by atoms with Gasteiger partial charge in [0.2, 0.25) is 5.91 Å². The lowest BCUT2D eigenvalue weighted by Crippen LogP contribution is -2.65. The quantitative estimate of drug-likeness (QED) is 0.832. The van der Waals surface area contributed by atoms with Crippen molar-refractivity contribution in [3.8, 4) is 0 Å². The molecule has 1 unspecified atom stereocenters. The highest BCUT2D eigenvalue weighted by molar-refractivity contribution is 6.04. The smallest absolute Gasteiger partial charge is 0.246 e. The fourth-order valence-electron chi connectivity index (χ4n) is 3.13. The number of nitrogens with one attached hydrogen (secondary N) is 1. The van der Waals surface area contributed by atoms with Gasteiger partial charge in [-0.2, -0.15) is 0 Å². The topological polar surface area (TPSA) is 52.6 Å². The first-order valence-corrected chi connectivity index (χ1v) is 7.60. The molecule has 1 aliphatic heterocycles. The molecule has 2 aliphatic rings. The van der Waals surface area contributed by atoms with Gasteiger partial charge in [-0.3, -0.25) is 4.79 Å². The van der Waals surface area contributed by atoms with Crippen molar-refractivity contribution < 1.29 is 14.3 Å². The standard InChI is InChI=1S/C16H21FN2O2/c17-12-4-6-13(7-5-12)19-10-14(15(19)20)18-11-16(21)8-2-1-3-9-16/h4-7,14,18,21H,1-3,8-11H2. The van der Waals surface area contributed by atoms with Gasteiger partial charge in [-0.15, -0.1) is 0 Å². The van der Waals surface area contributed by atoms with Crippen molar-refractivity contribution in [3.05, 3.63) is 30.1 Å². The number of benzene rings is 1. The summed E-state index contributed by atoms with van der Waals surface area (Å²) in [4.78, 5) is 13.7. The first-order valence-electron chi connectivity index (χ1n) is 7.60. The summed E-state index contributed by atoms with van der Waals surface area (Å²) in [6.07, 6.45) is 4.91. The molecular weight excluding hydrogens is 271 g/mol. The summed E-state index contributed by atoms with van der Waals surface area (Å²) < 4.78 is 12.9. The highest BCUT2D eigenvalue weighted by atomic mass is 19.1. The monoisotopic (exact) mass is 292 g/mol.